The van der Waals surface area contributed by atoms with Gasteiger partial charge in [0.1, 0.15) is 0 Å². The van der Waals surface area contributed by atoms with Crippen LogP contribution >= 0.6 is 0 Å². The van der Waals surface area contributed by atoms with Gasteiger partial charge in [0, 0.05) is 78.5 Å². The summed E-state index contributed by atoms with van der Waals surface area (Å²) in [6.07, 6.45) is 4.50. The summed E-state index contributed by atoms with van der Waals surface area (Å²) in [6, 6.07) is 1.85. The van der Waals surface area contributed by atoms with Crippen molar-refractivity contribution >= 4 is 11.9 Å². The zero-order valence-corrected chi connectivity index (χ0v) is 17.3. The molecule has 0 amide bonds. The van der Waals surface area contributed by atoms with Crippen LogP contribution in [-0.4, -0.2) is 100 Å². The van der Waals surface area contributed by atoms with E-state index in [4.69, 9.17) is 9.47 Å². The fourth-order valence-corrected chi connectivity index (χ4v) is 2.90. The van der Waals surface area contributed by atoms with Gasteiger partial charge < -0.3 is 25.0 Å². The van der Waals surface area contributed by atoms with E-state index < -0.39 is 0 Å². The average Bonchev–Trinajstić information content (AvgIpc) is 2.74. The van der Waals surface area contributed by atoms with Gasteiger partial charge in [0.15, 0.2) is 5.96 Å². The third-order valence-electron chi connectivity index (χ3n) is 4.42. The van der Waals surface area contributed by atoms with Gasteiger partial charge in [-0.05, 0) is 19.4 Å². The molecule has 0 saturated carbocycles. The zero-order valence-electron chi connectivity index (χ0n) is 17.3. The summed E-state index contributed by atoms with van der Waals surface area (Å²) in [4.78, 5) is 18.0. The van der Waals surface area contributed by atoms with E-state index >= 15 is 0 Å². The Morgan fingerprint density at radius 1 is 1.11 bits per heavy atom. The van der Waals surface area contributed by atoms with Gasteiger partial charge in [-0.25, -0.2) is 9.97 Å². The van der Waals surface area contributed by atoms with Crippen molar-refractivity contribution in [2.75, 3.05) is 84.2 Å². The first-order valence-electron chi connectivity index (χ1n) is 10.2. The predicted molar refractivity (Wildman–Crippen MR) is 112 cm³/mol. The lowest BCUT2D eigenvalue weighted by Crippen LogP contribution is -2.49. The Hall–Kier alpha value is -1.97. The first-order valence-corrected chi connectivity index (χ1v) is 10.2. The molecule has 2 N–H and O–H groups in total. The molecule has 9 heteroatoms. The Bertz CT molecular complexity index is 536. The van der Waals surface area contributed by atoms with E-state index in [1.54, 1.807) is 19.5 Å². The summed E-state index contributed by atoms with van der Waals surface area (Å²) in [5.74, 6) is 1.70. The van der Waals surface area contributed by atoms with Crippen molar-refractivity contribution in [3.05, 3.63) is 18.5 Å². The molecule has 0 bridgehead atoms. The molecule has 0 atom stereocenters. The third-order valence-corrected chi connectivity index (χ3v) is 4.42. The van der Waals surface area contributed by atoms with Crippen LogP contribution in [0.25, 0.3) is 0 Å². The van der Waals surface area contributed by atoms with E-state index in [9.17, 15) is 0 Å². The van der Waals surface area contributed by atoms with Crippen molar-refractivity contribution in [3.8, 4) is 0 Å². The smallest absolute Gasteiger partial charge is 0.225 e. The quantitative estimate of drug-likeness (QED) is 0.296. The molecule has 28 heavy (non-hydrogen) atoms. The normalized spacial score (nSPS) is 15.6. The second-order valence-electron chi connectivity index (χ2n) is 6.52. The van der Waals surface area contributed by atoms with Gasteiger partial charge >= 0.3 is 0 Å². The van der Waals surface area contributed by atoms with Crippen molar-refractivity contribution in [1.29, 1.82) is 0 Å². The standard InChI is InChI=1S/C19H35N7O2/c1-3-20-18(21-8-5-15-28-17-16-27-2)22-9-10-25-11-13-26(14-12-25)19-23-6-4-7-24-19/h4,6-7H,3,5,8-17H2,1-2H3,(H2,20,21,22). The van der Waals surface area contributed by atoms with Crippen molar-refractivity contribution in [1.82, 2.24) is 25.5 Å². The van der Waals surface area contributed by atoms with Gasteiger partial charge in [-0.2, -0.15) is 0 Å². The number of rotatable bonds is 12. The Morgan fingerprint density at radius 3 is 2.61 bits per heavy atom. The number of anilines is 1. The summed E-state index contributed by atoms with van der Waals surface area (Å²) < 4.78 is 10.4. The van der Waals surface area contributed by atoms with Crippen LogP contribution in [0, 0.1) is 0 Å². The number of aliphatic imine (C=N–C) groups is 1. The topological polar surface area (TPSA) is 87.1 Å². The van der Waals surface area contributed by atoms with Crippen LogP contribution in [0.15, 0.2) is 23.5 Å². The molecule has 0 aliphatic carbocycles. The summed E-state index contributed by atoms with van der Waals surface area (Å²) >= 11 is 0. The maximum absolute atomic E-state index is 5.46. The average molecular weight is 394 g/mol. The molecule has 2 rings (SSSR count). The summed E-state index contributed by atoms with van der Waals surface area (Å²) in [5.41, 5.74) is 0. The number of hydrogen-bond acceptors (Lipinski definition) is 7. The molecule has 9 nitrogen and oxygen atoms in total. The monoisotopic (exact) mass is 393 g/mol. The van der Waals surface area contributed by atoms with Crippen LogP contribution in [-0.2, 0) is 9.47 Å². The second kappa shape index (κ2) is 14.1. The molecule has 1 aromatic rings. The van der Waals surface area contributed by atoms with Crippen LogP contribution in [0.1, 0.15) is 13.3 Å². The van der Waals surface area contributed by atoms with E-state index in [2.05, 4.69) is 42.3 Å². The number of guanidine groups is 1. The largest absolute Gasteiger partial charge is 0.382 e. The van der Waals surface area contributed by atoms with Gasteiger partial charge in [0.05, 0.1) is 13.2 Å². The molecule has 158 valence electrons. The molecule has 2 heterocycles. The molecule has 0 radical (unpaired) electrons. The minimum absolute atomic E-state index is 0.639. The highest BCUT2D eigenvalue weighted by molar-refractivity contribution is 5.79. The Morgan fingerprint density at radius 2 is 1.89 bits per heavy atom. The zero-order chi connectivity index (χ0) is 19.9. The molecule has 0 unspecified atom stereocenters. The Labute approximate surface area is 168 Å². The highest BCUT2D eigenvalue weighted by Gasteiger charge is 2.18. The first kappa shape index (κ1) is 22.3. The maximum Gasteiger partial charge on any atom is 0.225 e. The number of nitrogens with one attached hydrogen (secondary N) is 2. The molecule has 1 aliphatic rings. The SMILES string of the molecule is CCNC(=NCCCOCCOC)NCCN1CCN(c2ncccn2)CC1. The molecule has 1 fully saturated rings. The minimum Gasteiger partial charge on any atom is -0.382 e. The van der Waals surface area contributed by atoms with Crippen LogP contribution in [0.2, 0.25) is 0 Å². The van der Waals surface area contributed by atoms with E-state index in [0.29, 0.717) is 19.8 Å². The fourth-order valence-electron chi connectivity index (χ4n) is 2.90. The van der Waals surface area contributed by atoms with E-state index in [-0.39, 0.29) is 0 Å². The number of piperazine rings is 1. The lowest BCUT2D eigenvalue weighted by atomic mass is 10.3. The van der Waals surface area contributed by atoms with Crippen molar-refractivity contribution in [2.24, 2.45) is 4.99 Å². The minimum atomic E-state index is 0.639. The van der Waals surface area contributed by atoms with Crippen LogP contribution in [0.5, 0.6) is 0 Å². The molecular formula is C19H35N7O2. The molecule has 1 saturated heterocycles. The summed E-state index contributed by atoms with van der Waals surface area (Å²) in [6.45, 7) is 11.5. The fraction of sp³-hybridized carbons (Fsp3) is 0.737. The van der Waals surface area contributed by atoms with Gasteiger partial charge in [0.25, 0.3) is 0 Å². The number of ether oxygens (including phenoxy) is 2. The van der Waals surface area contributed by atoms with Crippen molar-refractivity contribution in [3.63, 3.8) is 0 Å². The van der Waals surface area contributed by atoms with E-state index in [1.165, 1.54) is 0 Å². The van der Waals surface area contributed by atoms with Gasteiger partial charge in [-0.15, -0.1) is 0 Å². The van der Waals surface area contributed by atoms with E-state index in [1.807, 2.05) is 6.07 Å². The first-order chi connectivity index (χ1) is 13.8. The predicted octanol–water partition coefficient (Wildman–Crippen LogP) is 0.207. The van der Waals surface area contributed by atoms with Crippen molar-refractivity contribution < 1.29 is 9.47 Å². The van der Waals surface area contributed by atoms with Gasteiger partial charge in [-0.3, -0.25) is 9.89 Å². The highest BCUT2D eigenvalue weighted by atomic mass is 16.5. The number of methoxy groups -OCH3 is 1. The lowest BCUT2D eigenvalue weighted by molar-refractivity contribution is 0.0702. The van der Waals surface area contributed by atoms with Crippen molar-refractivity contribution in [2.45, 2.75) is 13.3 Å². The summed E-state index contributed by atoms with van der Waals surface area (Å²) in [7, 11) is 1.68. The second-order valence-corrected chi connectivity index (χ2v) is 6.52. The van der Waals surface area contributed by atoms with Crippen LogP contribution < -0.4 is 15.5 Å². The molecule has 0 aromatic carbocycles. The summed E-state index contributed by atoms with van der Waals surface area (Å²) in [5, 5.41) is 6.72. The van der Waals surface area contributed by atoms with Gasteiger partial charge in [-0.1, -0.05) is 0 Å². The highest BCUT2D eigenvalue weighted by Crippen LogP contribution is 2.08. The van der Waals surface area contributed by atoms with E-state index in [0.717, 1.165) is 70.7 Å². The maximum atomic E-state index is 5.46. The van der Waals surface area contributed by atoms with Gasteiger partial charge in [0.2, 0.25) is 5.95 Å². The van der Waals surface area contributed by atoms with Crippen LogP contribution in [0.3, 0.4) is 0 Å². The number of aromatic nitrogens is 2. The molecular weight excluding hydrogens is 358 g/mol. The molecule has 1 aliphatic heterocycles. The third kappa shape index (κ3) is 8.81. The Kier molecular flexibility index (Phi) is 11.2. The number of nitrogens with zero attached hydrogens (tertiary/aromatic N) is 5. The lowest BCUT2D eigenvalue weighted by Gasteiger charge is -2.34. The number of hydrogen-bond donors (Lipinski definition) is 2. The molecule has 1 aromatic heterocycles. The van der Waals surface area contributed by atoms with Crippen LogP contribution in [0.4, 0.5) is 5.95 Å². The molecule has 0 spiro atoms. The Balaban J connectivity index is 1.60.